The molecule has 0 aliphatic carbocycles. The molecule has 1 aromatic carbocycles. The normalized spacial score (nSPS) is 17.3. The van der Waals surface area contributed by atoms with Crippen molar-refractivity contribution in [1.29, 1.82) is 0 Å². The largest absolute Gasteiger partial charge is 0.396 e. The average molecular weight is 522 g/mol. The smallest absolute Gasteiger partial charge is 0.227 e. The van der Waals surface area contributed by atoms with Gasteiger partial charge < -0.3 is 20.2 Å². The Morgan fingerprint density at radius 2 is 1.89 bits per heavy atom. The van der Waals surface area contributed by atoms with Crippen LogP contribution in [0, 0.1) is 18.2 Å². The van der Waals surface area contributed by atoms with Crippen molar-refractivity contribution in [1.82, 2.24) is 24.6 Å². The SMILES string of the molecule is Cc1cnc(Nc2ccc(N3CCC4(CC3)CN(CCCCCO)C4)c(F)c2)nc1-c1cnn(C(C)C)c1. The first-order chi connectivity index (χ1) is 18.4. The molecule has 0 unspecified atom stereocenters. The van der Waals surface area contributed by atoms with Crippen LogP contribution in [0.4, 0.5) is 21.7 Å². The van der Waals surface area contributed by atoms with Gasteiger partial charge in [0.25, 0.3) is 0 Å². The molecule has 0 radical (unpaired) electrons. The van der Waals surface area contributed by atoms with Gasteiger partial charge in [0.05, 0.1) is 17.6 Å². The number of likely N-dealkylation sites (tertiary alicyclic amines) is 1. The third-order valence-corrected chi connectivity index (χ3v) is 7.99. The van der Waals surface area contributed by atoms with Crippen molar-refractivity contribution in [3.63, 3.8) is 0 Å². The molecule has 2 aliphatic rings. The van der Waals surface area contributed by atoms with Crippen molar-refractivity contribution in [3.05, 3.63) is 48.2 Å². The first kappa shape index (κ1) is 26.6. The number of unbranched alkanes of at least 4 members (excludes halogenated alkanes) is 2. The molecule has 204 valence electrons. The number of benzene rings is 1. The fourth-order valence-electron chi connectivity index (χ4n) is 5.73. The lowest BCUT2D eigenvalue weighted by molar-refractivity contribution is -0.0191. The van der Waals surface area contributed by atoms with E-state index in [4.69, 9.17) is 10.1 Å². The van der Waals surface area contributed by atoms with Gasteiger partial charge in [-0.15, -0.1) is 0 Å². The molecule has 0 amide bonds. The minimum Gasteiger partial charge on any atom is -0.396 e. The van der Waals surface area contributed by atoms with E-state index in [1.807, 2.05) is 36.1 Å². The predicted molar refractivity (Wildman–Crippen MR) is 149 cm³/mol. The maximum atomic E-state index is 15.2. The van der Waals surface area contributed by atoms with E-state index in [0.29, 0.717) is 29.3 Å². The fourth-order valence-corrected chi connectivity index (χ4v) is 5.73. The van der Waals surface area contributed by atoms with E-state index in [2.05, 4.69) is 39.0 Å². The Morgan fingerprint density at radius 1 is 1.11 bits per heavy atom. The number of hydrogen-bond acceptors (Lipinski definition) is 7. The molecular formula is C29H40FN7O. The Labute approximate surface area is 224 Å². The van der Waals surface area contributed by atoms with Crippen molar-refractivity contribution < 1.29 is 9.50 Å². The lowest BCUT2D eigenvalue weighted by Crippen LogP contribution is -2.60. The molecule has 3 aromatic rings. The van der Waals surface area contributed by atoms with Crippen LogP contribution in [0.1, 0.15) is 57.6 Å². The van der Waals surface area contributed by atoms with Crippen LogP contribution >= 0.6 is 0 Å². The zero-order chi connectivity index (χ0) is 26.7. The van der Waals surface area contributed by atoms with Crippen LogP contribution in [-0.2, 0) is 0 Å². The summed E-state index contributed by atoms with van der Waals surface area (Å²) in [5, 5.41) is 16.5. The summed E-state index contributed by atoms with van der Waals surface area (Å²) in [5.74, 6) is 0.205. The van der Waals surface area contributed by atoms with Crippen molar-refractivity contribution in [2.24, 2.45) is 5.41 Å². The molecule has 2 aliphatic heterocycles. The minimum atomic E-state index is -0.226. The first-order valence-electron chi connectivity index (χ1n) is 13.9. The topological polar surface area (TPSA) is 82.3 Å². The summed E-state index contributed by atoms with van der Waals surface area (Å²) >= 11 is 0. The van der Waals surface area contributed by atoms with E-state index in [1.54, 1.807) is 6.20 Å². The number of aryl methyl sites for hydroxylation is 1. The molecular weight excluding hydrogens is 481 g/mol. The zero-order valence-corrected chi connectivity index (χ0v) is 22.8. The molecule has 0 atom stereocenters. The van der Waals surface area contributed by atoms with Crippen LogP contribution in [0.25, 0.3) is 11.3 Å². The van der Waals surface area contributed by atoms with Gasteiger partial charge in [0.1, 0.15) is 5.82 Å². The highest BCUT2D eigenvalue weighted by molar-refractivity contribution is 5.65. The average Bonchev–Trinajstić information content (AvgIpc) is 3.38. The van der Waals surface area contributed by atoms with Gasteiger partial charge in [-0.05, 0) is 88.6 Å². The van der Waals surface area contributed by atoms with Crippen LogP contribution in [0.5, 0.6) is 0 Å². The Hall–Kier alpha value is -3.04. The number of aliphatic hydroxyl groups is 1. The van der Waals surface area contributed by atoms with E-state index < -0.39 is 0 Å². The van der Waals surface area contributed by atoms with E-state index in [9.17, 15) is 0 Å². The minimum absolute atomic E-state index is 0.226. The summed E-state index contributed by atoms with van der Waals surface area (Å²) in [7, 11) is 0. The van der Waals surface area contributed by atoms with Crippen molar-refractivity contribution in [3.8, 4) is 11.3 Å². The zero-order valence-electron chi connectivity index (χ0n) is 22.8. The van der Waals surface area contributed by atoms with E-state index in [0.717, 1.165) is 81.6 Å². The van der Waals surface area contributed by atoms with Crippen molar-refractivity contribution in [2.45, 2.75) is 58.9 Å². The summed E-state index contributed by atoms with van der Waals surface area (Å²) in [4.78, 5) is 13.8. The summed E-state index contributed by atoms with van der Waals surface area (Å²) in [6.07, 6.45) is 10.9. The highest BCUT2D eigenvalue weighted by atomic mass is 19.1. The number of anilines is 3. The Morgan fingerprint density at radius 3 is 2.58 bits per heavy atom. The van der Waals surface area contributed by atoms with Gasteiger partial charge in [-0.1, -0.05) is 0 Å². The molecule has 0 bridgehead atoms. The molecule has 0 saturated carbocycles. The van der Waals surface area contributed by atoms with Gasteiger partial charge in [0.15, 0.2) is 0 Å². The van der Waals surface area contributed by atoms with E-state index in [-0.39, 0.29) is 11.9 Å². The van der Waals surface area contributed by atoms with Crippen LogP contribution in [0.15, 0.2) is 36.8 Å². The van der Waals surface area contributed by atoms with Crippen molar-refractivity contribution in [2.75, 3.05) is 49.5 Å². The fraction of sp³-hybridized carbons (Fsp3) is 0.552. The predicted octanol–water partition coefficient (Wildman–Crippen LogP) is 5.18. The molecule has 8 nitrogen and oxygen atoms in total. The van der Waals surface area contributed by atoms with Gasteiger partial charge >= 0.3 is 0 Å². The van der Waals surface area contributed by atoms with Crippen LogP contribution in [0.2, 0.25) is 0 Å². The third-order valence-electron chi connectivity index (χ3n) is 7.99. The number of piperidine rings is 1. The van der Waals surface area contributed by atoms with Crippen LogP contribution in [-0.4, -0.2) is 69.1 Å². The molecule has 1 spiro atoms. The number of nitrogens with zero attached hydrogens (tertiary/aromatic N) is 6. The van der Waals surface area contributed by atoms with Gasteiger partial charge in [-0.2, -0.15) is 5.10 Å². The summed E-state index contributed by atoms with van der Waals surface area (Å²) < 4.78 is 17.1. The Kier molecular flexibility index (Phi) is 7.95. The lowest BCUT2D eigenvalue weighted by Gasteiger charge is -2.54. The summed E-state index contributed by atoms with van der Waals surface area (Å²) in [6.45, 7) is 11.6. The first-order valence-corrected chi connectivity index (χ1v) is 13.9. The van der Waals surface area contributed by atoms with E-state index in [1.165, 1.54) is 6.07 Å². The monoisotopic (exact) mass is 521 g/mol. The molecule has 5 rings (SSSR count). The number of nitrogens with one attached hydrogen (secondary N) is 1. The standard InChI is InChI=1S/C29H40FN7O/c1-21(2)37-18-23(17-32-37)27-22(3)16-31-28(34-27)33-24-7-8-26(25(30)15-24)36-12-9-29(10-13-36)19-35(20-29)11-5-4-6-14-38/h7-8,15-18,21,38H,4-6,9-14,19-20H2,1-3H3,(H,31,33,34). The molecule has 4 heterocycles. The summed E-state index contributed by atoms with van der Waals surface area (Å²) in [5.41, 5.74) is 4.40. The van der Waals surface area contributed by atoms with Gasteiger partial charge in [0, 0.05) is 62.5 Å². The van der Waals surface area contributed by atoms with Gasteiger partial charge in [0.2, 0.25) is 5.95 Å². The maximum Gasteiger partial charge on any atom is 0.227 e. The number of hydrogen-bond donors (Lipinski definition) is 2. The maximum absolute atomic E-state index is 15.2. The molecule has 9 heteroatoms. The number of aromatic nitrogens is 4. The van der Waals surface area contributed by atoms with Gasteiger partial charge in [-0.3, -0.25) is 4.68 Å². The van der Waals surface area contributed by atoms with Crippen LogP contribution in [0.3, 0.4) is 0 Å². The molecule has 2 saturated heterocycles. The Balaban J connectivity index is 1.18. The number of rotatable bonds is 10. The second-order valence-electron chi connectivity index (χ2n) is 11.3. The highest BCUT2D eigenvalue weighted by Gasteiger charge is 2.44. The number of halogens is 1. The van der Waals surface area contributed by atoms with E-state index >= 15 is 4.39 Å². The second kappa shape index (κ2) is 11.4. The Bertz CT molecular complexity index is 1230. The van der Waals surface area contributed by atoms with Gasteiger partial charge in [-0.25, -0.2) is 14.4 Å². The highest BCUT2D eigenvalue weighted by Crippen LogP contribution is 2.42. The van der Waals surface area contributed by atoms with Crippen LogP contribution < -0.4 is 10.2 Å². The molecule has 38 heavy (non-hydrogen) atoms. The number of aliphatic hydroxyl groups excluding tert-OH is 1. The molecule has 2 fully saturated rings. The summed E-state index contributed by atoms with van der Waals surface area (Å²) in [6, 6.07) is 5.58. The molecule has 2 aromatic heterocycles. The molecule has 2 N–H and O–H groups in total. The quantitative estimate of drug-likeness (QED) is 0.356. The lowest BCUT2D eigenvalue weighted by atomic mass is 9.72. The second-order valence-corrected chi connectivity index (χ2v) is 11.3. The third kappa shape index (κ3) is 5.83. The van der Waals surface area contributed by atoms with Crippen molar-refractivity contribution >= 4 is 17.3 Å².